The Morgan fingerprint density at radius 1 is 1.00 bits per heavy atom. The van der Waals surface area contributed by atoms with Crippen LogP contribution in [-0.2, 0) is 6.42 Å². The van der Waals surface area contributed by atoms with Gasteiger partial charge in [-0.2, -0.15) is 0 Å². The van der Waals surface area contributed by atoms with E-state index in [0.29, 0.717) is 11.3 Å². The van der Waals surface area contributed by atoms with Gasteiger partial charge in [-0.25, -0.2) is 0 Å². The minimum atomic E-state index is 0.338. The quantitative estimate of drug-likeness (QED) is 0.583. The van der Waals surface area contributed by atoms with E-state index in [0.717, 1.165) is 12.8 Å². The van der Waals surface area contributed by atoms with Gasteiger partial charge in [-0.3, -0.25) is 0 Å². The summed E-state index contributed by atoms with van der Waals surface area (Å²) in [7, 11) is 0. The summed E-state index contributed by atoms with van der Waals surface area (Å²) in [5.41, 5.74) is 1.42. The molecule has 0 aliphatic carbocycles. The van der Waals surface area contributed by atoms with Crippen molar-refractivity contribution in [1.82, 2.24) is 0 Å². The second-order valence-electron chi connectivity index (χ2n) is 4.54. The van der Waals surface area contributed by atoms with E-state index in [1.165, 1.54) is 24.8 Å². The Kier molecular flexibility index (Phi) is 6.56. The smallest absolute Gasteiger partial charge is 0.0367 e. The van der Waals surface area contributed by atoms with E-state index in [9.17, 15) is 0 Å². The number of halogens is 1. The van der Waals surface area contributed by atoms with Crippen LogP contribution in [0.3, 0.4) is 0 Å². The third-order valence-electron chi connectivity index (χ3n) is 3.08. The maximum absolute atomic E-state index is 6.48. The monoisotopic (exact) mass is 238 g/mol. The minimum absolute atomic E-state index is 0.338. The first-order chi connectivity index (χ1) is 7.77. The molecular weight excluding hydrogens is 216 g/mol. The van der Waals surface area contributed by atoms with Gasteiger partial charge in [-0.05, 0) is 30.7 Å². The average molecular weight is 239 g/mol. The second kappa shape index (κ2) is 7.73. The lowest BCUT2D eigenvalue weighted by atomic mass is 9.90. The van der Waals surface area contributed by atoms with Crippen LogP contribution >= 0.6 is 11.6 Å². The molecule has 1 heteroatoms. The molecular formula is C15H23Cl. The zero-order chi connectivity index (χ0) is 11.8. The number of rotatable bonds is 7. The summed E-state index contributed by atoms with van der Waals surface area (Å²) in [6, 6.07) is 10.7. The molecule has 0 bridgehead atoms. The van der Waals surface area contributed by atoms with E-state index in [-0.39, 0.29) is 0 Å². The van der Waals surface area contributed by atoms with Crippen molar-refractivity contribution in [3.8, 4) is 0 Å². The standard InChI is InChI=1S/C15H23Cl/c1-3-8-14(15(16)9-4-2)12-13-10-6-5-7-11-13/h5-7,10-11,14-15H,3-4,8-9,12H2,1-2H3. The molecule has 0 radical (unpaired) electrons. The topological polar surface area (TPSA) is 0 Å². The Balaban J connectivity index is 2.57. The first-order valence-corrected chi connectivity index (χ1v) is 6.89. The van der Waals surface area contributed by atoms with Crippen molar-refractivity contribution in [2.24, 2.45) is 5.92 Å². The first-order valence-electron chi connectivity index (χ1n) is 6.45. The lowest BCUT2D eigenvalue weighted by molar-refractivity contribution is 0.434. The van der Waals surface area contributed by atoms with Crippen LogP contribution in [0.4, 0.5) is 0 Å². The van der Waals surface area contributed by atoms with Gasteiger partial charge in [0, 0.05) is 5.38 Å². The van der Waals surface area contributed by atoms with Crippen molar-refractivity contribution in [1.29, 1.82) is 0 Å². The van der Waals surface area contributed by atoms with Gasteiger partial charge >= 0.3 is 0 Å². The van der Waals surface area contributed by atoms with Gasteiger partial charge in [0.15, 0.2) is 0 Å². The Morgan fingerprint density at radius 3 is 2.19 bits per heavy atom. The highest BCUT2D eigenvalue weighted by Gasteiger charge is 2.17. The van der Waals surface area contributed by atoms with Crippen LogP contribution in [0.1, 0.15) is 45.1 Å². The van der Waals surface area contributed by atoms with Gasteiger partial charge in [-0.1, -0.05) is 57.0 Å². The van der Waals surface area contributed by atoms with Crippen LogP contribution < -0.4 is 0 Å². The maximum atomic E-state index is 6.48. The molecule has 0 heterocycles. The Hall–Kier alpha value is -0.490. The molecule has 1 aromatic rings. The number of hydrogen-bond donors (Lipinski definition) is 0. The summed E-state index contributed by atoms with van der Waals surface area (Å²) in [6.07, 6.45) is 5.92. The van der Waals surface area contributed by atoms with E-state index >= 15 is 0 Å². The highest BCUT2D eigenvalue weighted by Crippen LogP contribution is 2.25. The lowest BCUT2D eigenvalue weighted by Gasteiger charge is -2.21. The van der Waals surface area contributed by atoms with Crippen LogP contribution in [-0.4, -0.2) is 5.38 Å². The van der Waals surface area contributed by atoms with Crippen molar-refractivity contribution in [3.63, 3.8) is 0 Å². The Bertz CT molecular complexity index is 268. The summed E-state index contributed by atoms with van der Waals surface area (Å²) in [4.78, 5) is 0. The first kappa shape index (κ1) is 13.6. The van der Waals surface area contributed by atoms with Crippen molar-refractivity contribution < 1.29 is 0 Å². The summed E-state index contributed by atoms with van der Waals surface area (Å²) in [5, 5.41) is 0.338. The van der Waals surface area contributed by atoms with Crippen molar-refractivity contribution >= 4 is 11.6 Å². The summed E-state index contributed by atoms with van der Waals surface area (Å²) < 4.78 is 0. The highest BCUT2D eigenvalue weighted by molar-refractivity contribution is 6.20. The van der Waals surface area contributed by atoms with Crippen molar-refractivity contribution in [3.05, 3.63) is 35.9 Å². The molecule has 0 nitrogen and oxygen atoms in total. The molecule has 2 atom stereocenters. The van der Waals surface area contributed by atoms with Gasteiger partial charge in [0.05, 0.1) is 0 Å². The van der Waals surface area contributed by atoms with Crippen LogP contribution in [0.2, 0.25) is 0 Å². The Labute approximate surface area is 105 Å². The van der Waals surface area contributed by atoms with Gasteiger partial charge in [-0.15, -0.1) is 11.6 Å². The fraction of sp³-hybridized carbons (Fsp3) is 0.600. The van der Waals surface area contributed by atoms with E-state index in [1.807, 2.05) is 0 Å². The molecule has 16 heavy (non-hydrogen) atoms. The molecule has 90 valence electrons. The van der Waals surface area contributed by atoms with Gasteiger partial charge in [0.1, 0.15) is 0 Å². The molecule has 0 aliphatic rings. The molecule has 0 aromatic heterocycles. The molecule has 0 N–H and O–H groups in total. The highest BCUT2D eigenvalue weighted by atomic mass is 35.5. The Morgan fingerprint density at radius 2 is 1.62 bits per heavy atom. The SMILES string of the molecule is CCCC(Cl)C(CCC)Cc1ccccc1. The molecule has 0 saturated heterocycles. The predicted molar refractivity (Wildman–Crippen MR) is 73.1 cm³/mol. The van der Waals surface area contributed by atoms with Crippen LogP contribution in [0.15, 0.2) is 30.3 Å². The molecule has 2 unspecified atom stereocenters. The predicted octanol–water partition coefficient (Wildman–Crippen LogP) is 5.05. The molecule has 0 aliphatic heterocycles. The van der Waals surface area contributed by atoms with E-state index in [1.54, 1.807) is 0 Å². The third-order valence-corrected chi connectivity index (χ3v) is 3.65. The van der Waals surface area contributed by atoms with Crippen molar-refractivity contribution in [2.45, 2.75) is 51.3 Å². The van der Waals surface area contributed by atoms with Gasteiger partial charge < -0.3 is 0 Å². The second-order valence-corrected chi connectivity index (χ2v) is 5.10. The number of hydrogen-bond acceptors (Lipinski definition) is 0. The normalized spacial score (nSPS) is 14.7. The van der Waals surface area contributed by atoms with Gasteiger partial charge in [0.2, 0.25) is 0 Å². The largest absolute Gasteiger partial charge is 0.123 e. The van der Waals surface area contributed by atoms with E-state index in [2.05, 4.69) is 44.2 Å². The molecule has 1 aromatic carbocycles. The van der Waals surface area contributed by atoms with Crippen LogP contribution in [0.25, 0.3) is 0 Å². The third kappa shape index (κ3) is 4.57. The maximum Gasteiger partial charge on any atom is 0.0367 e. The average Bonchev–Trinajstić information content (AvgIpc) is 2.30. The van der Waals surface area contributed by atoms with E-state index in [4.69, 9.17) is 11.6 Å². The van der Waals surface area contributed by atoms with Crippen LogP contribution in [0.5, 0.6) is 0 Å². The number of benzene rings is 1. The molecule has 0 saturated carbocycles. The summed E-state index contributed by atoms with van der Waals surface area (Å²) >= 11 is 6.48. The molecule has 0 amide bonds. The van der Waals surface area contributed by atoms with Crippen molar-refractivity contribution in [2.75, 3.05) is 0 Å². The fourth-order valence-electron chi connectivity index (χ4n) is 2.21. The zero-order valence-corrected chi connectivity index (χ0v) is 11.2. The lowest BCUT2D eigenvalue weighted by Crippen LogP contribution is -2.17. The van der Waals surface area contributed by atoms with Gasteiger partial charge in [0.25, 0.3) is 0 Å². The summed E-state index contributed by atoms with van der Waals surface area (Å²) in [6.45, 7) is 4.45. The fourth-order valence-corrected chi connectivity index (χ4v) is 2.64. The molecule has 0 spiro atoms. The molecule has 0 fully saturated rings. The molecule has 1 rings (SSSR count). The van der Waals surface area contributed by atoms with Crippen LogP contribution in [0, 0.1) is 5.92 Å². The number of alkyl halides is 1. The summed E-state index contributed by atoms with van der Waals surface area (Å²) in [5.74, 6) is 0.633. The minimum Gasteiger partial charge on any atom is -0.123 e. The van der Waals surface area contributed by atoms with E-state index < -0.39 is 0 Å². The zero-order valence-electron chi connectivity index (χ0n) is 10.5.